The topological polar surface area (TPSA) is 119 Å². The Balaban J connectivity index is 1.56. The SMILES string of the molecule is CCc1c(C(=O)Nc2nc(-c3c[nH]c(C(N)=O)c3)cs2)cnn1-c1cccc(Cl)c1. The Labute approximate surface area is 180 Å². The lowest BCUT2D eigenvalue weighted by atomic mass is 10.2. The van der Waals surface area contributed by atoms with E-state index in [1.807, 2.05) is 19.1 Å². The number of aromatic nitrogens is 4. The molecule has 0 fully saturated rings. The van der Waals surface area contributed by atoms with Crippen LogP contribution in [0.4, 0.5) is 5.13 Å². The zero-order valence-corrected chi connectivity index (χ0v) is 17.4. The second kappa shape index (κ2) is 8.13. The Bertz CT molecular complexity index is 1240. The molecular formula is C20H17ClN6O2S. The van der Waals surface area contributed by atoms with Crippen LogP contribution in [-0.4, -0.2) is 31.6 Å². The molecule has 2 amide bonds. The van der Waals surface area contributed by atoms with Crippen LogP contribution < -0.4 is 11.1 Å². The molecule has 3 aromatic heterocycles. The van der Waals surface area contributed by atoms with Crippen LogP contribution in [0.25, 0.3) is 16.9 Å². The highest BCUT2D eigenvalue weighted by molar-refractivity contribution is 7.14. The summed E-state index contributed by atoms with van der Waals surface area (Å²) >= 11 is 7.37. The number of halogens is 1. The van der Waals surface area contributed by atoms with Crippen molar-refractivity contribution < 1.29 is 9.59 Å². The molecule has 0 unspecified atom stereocenters. The minimum Gasteiger partial charge on any atom is -0.364 e. The number of aromatic amines is 1. The van der Waals surface area contributed by atoms with Gasteiger partial charge in [-0.05, 0) is 30.7 Å². The smallest absolute Gasteiger partial charge is 0.265 e. The van der Waals surface area contributed by atoms with Crippen LogP contribution in [-0.2, 0) is 6.42 Å². The van der Waals surface area contributed by atoms with E-state index in [2.05, 4.69) is 20.4 Å². The number of nitrogens with zero attached hydrogens (tertiary/aromatic N) is 3. The molecule has 0 aliphatic carbocycles. The van der Waals surface area contributed by atoms with Gasteiger partial charge in [0.05, 0.1) is 28.8 Å². The number of nitrogens with two attached hydrogens (primary N) is 1. The fraction of sp³-hybridized carbons (Fsp3) is 0.100. The minimum absolute atomic E-state index is 0.296. The number of amides is 2. The number of benzene rings is 1. The molecule has 4 rings (SSSR count). The monoisotopic (exact) mass is 440 g/mol. The molecular weight excluding hydrogens is 424 g/mol. The molecule has 0 atom stereocenters. The van der Waals surface area contributed by atoms with E-state index in [4.69, 9.17) is 17.3 Å². The standard InChI is InChI=1S/C20H17ClN6O2S/c1-2-17-14(9-24-27(17)13-5-3-4-12(21)7-13)19(29)26-20-25-16(10-30-20)11-6-15(18(22)28)23-8-11/h3-10,23H,2H2,1H3,(H2,22,28)(H,25,26,29). The Hall–Kier alpha value is -3.43. The Morgan fingerprint density at radius 2 is 2.17 bits per heavy atom. The van der Waals surface area contributed by atoms with Crippen molar-refractivity contribution in [3.8, 4) is 16.9 Å². The summed E-state index contributed by atoms with van der Waals surface area (Å²) in [5.41, 5.74) is 8.91. The second-order valence-corrected chi connectivity index (χ2v) is 7.70. The molecule has 0 saturated carbocycles. The van der Waals surface area contributed by atoms with Crippen LogP contribution in [0.3, 0.4) is 0 Å². The van der Waals surface area contributed by atoms with Crippen molar-refractivity contribution in [1.29, 1.82) is 0 Å². The molecule has 0 aliphatic rings. The van der Waals surface area contributed by atoms with Gasteiger partial charge < -0.3 is 10.7 Å². The molecule has 10 heteroatoms. The first-order chi connectivity index (χ1) is 14.5. The number of hydrogen-bond acceptors (Lipinski definition) is 5. The number of H-pyrrole nitrogens is 1. The summed E-state index contributed by atoms with van der Waals surface area (Å²) in [5, 5.41) is 10.0. The van der Waals surface area contributed by atoms with Gasteiger partial charge in [-0.25, -0.2) is 9.67 Å². The molecule has 0 saturated heterocycles. The highest BCUT2D eigenvalue weighted by Gasteiger charge is 2.19. The Morgan fingerprint density at radius 3 is 2.87 bits per heavy atom. The Kier molecular flexibility index (Phi) is 5.39. The minimum atomic E-state index is -0.547. The van der Waals surface area contributed by atoms with E-state index >= 15 is 0 Å². The van der Waals surface area contributed by atoms with E-state index in [1.54, 1.807) is 34.5 Å². The van der Waals surface area contributed by atoms with Crippen molar-refractivity contribution in [2.75, 3.05) is 5.32 Å². The van der Waals surface area contributed by atoms with E-state index in [-0.39, 0.29) is 5.91 Å². The lowest BCUT2D eigenvalue weighted by Gasteiger charge is -2.08. The third-order valence-electron chi connectivity index (χ3n) is 4.47. The summed E-state index contributed by atoms with van der Waals surface area (Å²) in [6, 6.07) is 8.90. The number of primary amides is 1. The molecule has 30 heavy (non-hydrogen) atoms. The van der Waals surface area contributed by atoms with E-state index in [0.717, 1.165) is 11.4 Å². The van der Waals surface area contributed by atoms with Crippen molar-refractivity contribution in [2.24, 2.45) is 5.73 Å². The largest absolute Gasteiger partial charge is 0.364 e. The summed E-state index contributed by atoms with van der Waals surface area (Å²) in [6.45, 7) is 1.96. The number of carbonyl (C=O) groups excluding carboxylic acids is 2. The van der Waals surface area contributed by atoms with E-state index in [1.165, 1.54) is 17.5 Å². The first-order valence-corrected chi connectivity index (χ1v) is 10.3. The number of anilines is 1. The van der Waals surface area contributed by atoms with Crippen LogP contribution in [0.5, 0.6) is 0 Å². The molecule has 0 radical (unpaired) electrons. The van der Waals surface area contributed by atoms with Gasteiger partial charge in [0, 0.05) is 22.2 Å². The van der Waals surface area contributed by atoms with Crippen molar-refractivity contribution >= 4 is 39.9 Å². The molecule has 4 N–H and O–H groups in total. The molecule has 4 aromatic rings. The van der Waals surface area contributed by atoms with Crippen LogP contribution >= 0.6 is 22.9 Å². The van der Waals surface area contributed by atoms with Gasteiger partial charge in [0.1, 0.15) is 5.69 Å². The van der Waals surface area contributed by atoms with E-state index in [9.17, 15) is 9.59 Å². The van der Waals surface area contributed by atoms with E-state index in [0.29, 0.717) is 39.1 Å². The van der Waals surface area contributed by atoms with Crippen LogP contribution in [0, 0.1) is 0 Å². The third kappa shape index (κ3) is 3.85. The highest BCUT2D eigenvalue weighted by Crippen LogP contribution is 2.26. The fourth-order valence-corrected chi connectivity index (χ4v) is 3.95. The number of nitrogens with one attached hydrogen (secondary N) is 2. The molecule has 1 aromatic carbocycles. The van der Waals surface area contributed by atoms with Crippen molar-refractivity contribution in [3.63, 3.8) is 0 Å². The third-order valence-corrected chi connectivity index (χ3v) is 5.46. The molecule has 8 nitrogen and oxygen atoms in total. The average Bonchev–Trinajstić information content (AvgIpc) is 3.46. The number of rotatable bonds is 6. The number of carbonyl (C=O) groups is 2. The lowest BCUT2D eigenvalue weighted by molar-refractivity contribution is 0.0993. The molecule has 152 valence electrons. The van der Waals surface area contributed by atoms with Crippen molar-refractivity contribution in [3.05, 3.63) is 70.1 Å². The van der Waals surface area contributed by atoms with Gasteiger partial charge in [-0.2, -0.15) is 5.10 Å². The maximum absolute atomic E-state index is 12.9. The van der Waals surface area contributed by atoms with Gasteiger partial charge in [0.2, 0.25) is 0 Å². The fourth-order valence-electron chi connectivity index (χ4n) is 3.05. The van der Waals surface area contributed by atoms with Gasteiger partial charge in [-0.15, -0.1) is 11.3 Å². The van der Waals surface area contributed by atoms with Gasteiger partial charge >= 0.3 is 0 Å². The Morgan fingerprint density at radius 1 is 1.33 bits per heavy atom. The average molecular weight is 441 g/mol. The zero-order valence-electron chi connectivity index (χ0n) is 15.8. The van der Waals surface area contributed by atoms with E-state index < -0.39 is 5.91 Å². The normalized spacial score (nSPS) is 10.9. The zero-order chi connectivity index (χ0) is 21.3. The summed E-state index contributed by atoms with van der Waals surface area (Å²) in [5.74, 6) is -0.846. The van der Waals surface area contributed by atoms with Gasteiger partial charge in [-0.3, -0.25) is 14.9 Å². The summed E-state index contributed by atoms with van der Waals surface area (Å²) in [6.07, 6.45) is 3.79. The van der Waals surface area contributed by atoms with Crippen LogP contribution in [0.15, 0.2) is 48.1 Å². The summed E-state index contributed by atoms with van der Waals surface area (Å²) in [4.78, 5) is 31.3. The van der Waals surface area contributed by atoms with Crippen LogP contribution in [0.2, 0.25) is 5.02 Å². The lowest BCUT2D eigenvalue weighted by Crippen LogP contribution is -2.14. The number of hydrogen-bond donors (Lipinski definition) is 3. The maximum Gasteiger partial charge on any atom is 0.265 e. The molecule has 3 heterocycles. The van der Waals surface area contributed by atoms with Crippen LogP contribution in [0.1, 0.15) is 33.5 Å². The second-order valence-electron chi connectivity index (χ2n) is 6.41. The first kappa shape index (κ1) is 19.9. The highest BCUT2D eigenvalue weighted by atomic mass is 35.5. The van der Waals surface area contributed by atoms with Gasteiger partial charge in [0.25, 0.3) is 11.8 Å². The van der Waals surface area contributed by atoms with Crippen molar-refractivity contribution in [2.45, 2.75) is 13.3 Å². The maximum atomic E-state index is 12.9. The predicted molar refractivity (Wildman–Crippen MR) is 116 cm³/mol. The summed E-state index contributed by atoms with van der Waals surface area (Å²) < 4.78 is 1.71. The van der Waals surface area contributed by atoms with Crippen molar-refractivity contribution in [1.82, 2.24) is 19.7 Å². The van der Waals surface area contributed by atoms with Gasteiger partial charge in [0.15, 0.2) is 5.13 Å². The molecule has 0 spiro atoms. The molecule has 0 bridgehead atoms. The number of thiazole rings is 1. The first-order valence-electron chi connectivity index (χ1n) is 9.04. The predicted octanol–water partition coefficient (Wildman–Crippen LogP) is 3.89. The summed E-state index contributed by atoms with van der Waals surface area (Å²) in [7, 11) is 0. The quantitative estimate of drug-likeness (QED) is 0.421. The molecule has 0 aliphatic heterocycles. The van der Waals surface area contributed by atoms with Gasteiger partial charge in [-0.1, -0.05) is 24.6 Å².